The largest absolute Gasteiger partial charge is 0.493 e. The SMILES string of the molecule is CCCCCCCC(=O)Oc1ccc(CNc2ccc(C(=O)O)cc2)cc1OC. The molecule has 0 atom stereocenters. The van der Waals surface area contributed by atoms with Crippen LogP contribution in [0.4, 0.5) is 5.69 Å². The molecule has 156 valence electrons. The number of hydrogen-bond donors (Lipinski definition) is 2. The van der Waals surface area contributed by atoms with Gasteiger partial charge in [0.15, 0.2) is 11.5 Å². The molecule has 0 spiro atoms. The van der Waals surface area contributed by atoms with E-state index in [9.17, 15) is 9.59 Å². The summed E-state index contributed by atoms with van der Waals surface area (Å²) in [6.07, 6.45) is 5.80. The number of aromatic carboxylic acids is 1. The van der Waals surface area contributed by atoms with Crippen molar-refractivity contribution >= 4 is 17.6 Å². The highest BCUT2D eigenvalue weighted by Crippen LogP contribution is 2.29. The minimum absolute atomic E-state index is 0.244. The molecule has 0 aliphatic carbocycles. The first kappa shape index (κ1) is 22.3. The van der Waals surface area contributed by atoms with Crippen molar-refractivity contribution in [1.29, 1.82) is 0 Å². The van der Waals surface area contributed by atoms with E-state index < -0.39 is 5.97 Å². The van der Waals surface area contributed by atoms with Crippen LogP contribution in [0, 0.1) is 0 Å². The second-order valence-electron chi connectivity index (χ2n) is 6.86. The lowest BCUT2D eigenvalue weighted by molar-refractivity contribution is -0.134. The molecule has 0 amide bonds. The van der Waals surface area contributed by atoms with Crippen molar-refractivity contribution in [3.05, 3.63) is 53.6 Å². The number of unbranched alkanes of at least 4 members (excludes halogenated alkanes) is 4. The molecule has 0 aliphatic rings. The van der Waals surface area contributed by atoms with Gasteiger partial charge in [0.25, 0.3) is 0 Å². The van der Waals surface area contributed by atoms with Crippen LogP contribution in [0.5, 0.6) is 11.5 Å². The molecule has 29 heavy (non-hydrogen) atoms. The fourth-order valence-corrected chi connectivity index (χ4v) is 2.89. The summed E-state index contributed by atoms with van der Waals surface area (Å²) < 4.78 is 10.8. The number of esters is 1. The van der Waals surface area contributed by atoms with Crippen LogP contribution in [0.25, 0.3) is 0 Å². The molecule has 0 bridgehead atoms. The number of hydrogen-bond acceptors (Lipinski definition) is 5. The zero-order valence-electron chi connectivity index (χ0n) is 17.1. The van der Waals surface area contributed by atoms with Gasteiger partial charge in [-0.25, -0.2) is 4.79 Å². The van der Waals surface area contributed by atoms with Crippen LogP contribution < -0.4 is 14.8 Å². The minimum atomic E-state index is -0.951. The van der Waals surface area contributed by atoms with Gasteiger partial charge in [0.1, 0.15) is 0 Å². The molecule has 0 radical (unpaired) electrons. The third-order valence-corrected chi connectivity index (χ3v) is 4.56. The molecule has 0 saturated heterocycles. The highest BCUT2D eigenvalue weighted by molar-refractivity contribution is 5.88. The normalized spacial score (nSPS) is 10.4. The lowest BCUT2D eigenvalue weighted by Crippen LogP contribution is -2.09. The lowest BCUT2D eigenvalue weighted by atomic mass is 10.1. The van der Waals surface area contributed by atoms with E-state index >= 15 is 0 Å². The summed E-state index contributed by atoms with van der Waals surface area (Å²) in [5.74, 6) is -0.276. The summed E-state index contributed by atoms with van der Waals surface area (Å²) in [5.41, 5.74) is 2.00. The third-order valence-electron chi connectivity index (χ3n) is 4.56. The molecular weight excluding hydrogens is 370 g/mol. The van der Waals surface area contributed by atoms with Gasteiger partial charge >= 0.3 is 11.9 Å². The van der Waals surface area contributed by atoms with Gasteiger partial charge in [-0.1, -0.05) is 38.7 Å². The average molecular weight is 399 g/mol. The number of carbonyl (C=O) groups excluding carboxylic acids is 1. The number of anilines is 1. The van der Waals surface area contributed by atoms with E-state index in [1.165, 1.54) is 12.8 Å². The minimum Gasteiger partial charge on any atom is -0.493 e. The van der Waals surface area contributed by atoms with Crippen molar-refractivity contribution in [2.75, 3.05) is 12.4 Å². The van der Waals surface area contributed by atoms with E-state index in [1.54, 1.807) is 37.4 Å². The van der Waals surface area contributed by atoms with Crippen LogP contribution in [-0.4, -0.2) is 24.2 Å². The highest BCUT2D eigenvalue weighted by Gasteiger charge is 2.11. The molecule has 2 aromatic carbocycles. The molecule has 0 saturated carbocycles. The molecule has 0 fully saturated rings. The first-order valence-electron chi connectivity index (χ1n) is 9.98. The number of carbonyl (C=O) groups is 2. The van der Waals surface area contributed by atoms with Gasteiger partial charge in [-0.3, -0.25) is 4.79 Å². The number of benzene rings is 2. The number of nitrogens with one attached hydrogen (secondary N) is 1. The zero-order valence-corrected chi connectivity index (χ0v) is 17.1. The highest BCUT2D eigenvalue weighted by atomic mass is 16.6. The summed E-state index contributed by atoms with van der Waals surface area (Å²) in [5, 5.41) is 12.2. The molecule has 0 unspecified atom stereocenters. The Hall–Kier alpha value is -3.02. The zero-order chi connectivity index (χ0) is 21.1. The van der Waals surface area contributed by atoms with Crippen LogP contribution in [-0.2, 0) is 11.3 Å². The fourth-order valence-electron chi connectivity index (χ4n) is 2.89. The monoisotopic (exact) mass is 399 g/mol. The standard InChI is InChI=1S/C23H29NO5/c1-3-4-5-6-7-8-22(25)29-20-14-9-17(15-21(20)28-2)16-24-19-12-10-18(11-13-19)23(26)27/h9-15,24H,3-8,16H2,1-2H3,(H,26,27). The molecule has 0 heterocycles. The van der Waals surface area contributed by atoms with Gasteiger partial charge in [-0.15, -0.1) is 0 Å². The molecule has 6 nitrogen and oxygen atoms in total. The van der Waals surface area contributed by atoms with Gasteiger partial charge < -0.3 is 19.9 Å². The van der Waals surface area contributed by atoms with Crippen molar-refractivity contribution < 1.29 is 24.2 Å². The van der Waals surface area contributed by atoms with Crippen LogP contribution >= 0.6 is 0 Å². The number of carboxylic acid groups (broad SMARTS) is 1. The summed E-state index contributed by atoms with van der Waals surface area (Å²) in [4.78, 5) is 23.0. The summed E-state index contributed by atoms with van der Waals surface area (Å²) in [6, 6.07) is 12.0. The Morgan fingerprint density at radius 2 is 1.69 bits per heavy atom. The number of methoxy groups -OCH3 is 1. The van der Waals surface area contributed by atoms with Gasteiger partial charge in [0.05, 0.1) is 12.7 Å². The van der Waals surface area contributed by atoms with Crippen molar-refractivity contribution in [2.45, 2.75) is 52.0 Å². The topological polar surface area (TPSA) is 84.9 Å². The second-order valence-corrected chi connectivity index (χ2v) is 6.86. The first-order chi connectivity index (χ1) is 14.0. The molecule has 2 rings (SSSR count). The van der Waals surface area contributed by atoms with Gasteiger partial charge in [-0.2, -0.15) is 0 Å². The Bertz CT molecular complexity index is 801. The Kier molecular flexibility index (Phi) is 9.02. The Labute approximate surface area is 171 Å². The van der Waals surface area contributed by atoms with Crippen molar-refractivity contribution in [1.82, 2.24) is 0 Å². The van der Waals surface area contributed by atoms with E-state index in [-0.39, 0.29) is 11.5 Å². The lowest BCUT2D eigenvalue weighted by Gasteiger charge is -2.12. The van der Waals surface area contributed by atoms with E-state index in [0.29, 0.717) is 24.5 Å². The Morgan fingerprint density at radius 1 is 0.966 bits per heavy atom. The van der Waals surface area contributed by atoms with E-state index in [4.69, 9.17) is 14.6 Å². The summed E-state index contributed by atoms with van der Waals surface area (Å²) in [6.45, 7) is 2.68. The van der Waals surface area contributed by atoms with Gasteiger partial charge in [-0.05, 0) is 48.4 Å². The maximum absolute atomic E-state index is 12.1. The molecular formula is C23H29NO5. The third kappa shape index (κ3) is 7.49. The first-order valence-corrected chi connectivity index (χ1v) is 9.98. The smallest absolute Gasteiger partial charge is 0.335 e. The van der Waals surface area contributed by atoms with Crippen LogP contribution in [0.3, 0.4) is 0 Å². The van der Waals surface area contributed by atoms with Crippen LogP contribution in [0.1, 0.15) is 61.4 Å². The van der Waals surface area contributed by atoms with Crippen molar-refractivity contribution in [2.24, 2.45) is 0 Å². The Balaban J connectivity index is 1.88. The van der Waals surface area contributed by atoms with Gasteiger partial charge in [0.2, 0.25) is 0 Å². The molecule has 0 aromatic heterocycles. The maximum atomic E-state index is 12.1. The average Bonchev–Trinajstić information content (AvgIpc) is 2.73. The van der Waals surface area contributed by atoms with E-state index in [2.05, 4.69) is 12.2 Å². The molecule has 2 N–H and O–H groups in total. The number of ether oxygens (including phenoxy) is 2. The summed E-state index contributed by atoms with van der Waals surface area (Å²) >= 11 is 0. The predicted molar refractivity (Wildman–Crippen MR) is 113 cm³/mol. The number of rotatable bonds is 12. The quantitative estimate of drug-likeness (QED) is 0.287. The van der Waals surface area contributed by atoms with Crippen LogP contribution in [0.15, 0.2) is 42.5 Å². The number of carboxylic acids is 1. The molecule has 6 heteroatoms. The fraction of sp³-hybridized carbons (Fsp3) is 0.391. The van der Waals surface area contributed by atoms with E-state index in [1.807, 2.05) is 12.1 Å². The van der Waals surface area contributed by atoms with Crippen LogP contribution in [0.2, 0.25) is 0 Å². The predicted octanol–water partition coefficient (Wildman–Crippen LogP) is 5.27. The van der Waals surface area contributed by atoms with Crippen molar-refractivity contribution in [3.8, 4) is 11.5 Å². The van der Waals surface area contributed by atoms with Crippen molar-refractivity contribution in [3.63, 3.8) is 0 Å². The summed E-state index contributed by atoms with van der Waals surface area (Å²) in [7, 11) is 1.54. The molecule has 2 aromatic rings. The van der Waals surface area contributed by atoms with Gasteiger partial charge in [0, 0.05) is 18.7 Å². The maximum Gasteiger partial charge on any atom is 0.335 e. The molecule has 0 aliphatic heterocycles. The van der Waals surface area contributed by atoms with E-state index in [0.717, 1.165) is 30.5 Å². The second kappa shape index (κ2) is 11.7. The Morgan fingerprint density at radius 3 is 2.34 bits per heavy atom.